The Labute approximate surface area is 139 Å². The standard InChI is InChI=1S/C6H4Cl2O2.C6H2Cl2O2.H2O/c2*7-5-3(9)1-2-4(10)6(5)8;/h1-2,9-10H;1-2H;1H2. The number of hydrogen-bond acceptors (Lipinski definition) is 4. The lowest BCUT2D eigenvalue weighted by atomic mass is 10.2. The quantitative estimate of drug-likeness (QED) is 0.538. The monoisotopic (exact) mass is 372 g/mol. The van der Waals surface area contributed by atoms with Gasteiger partial charge >= 0.3 is 0 Å². The minimum atomic E-state index is -0.425. The van der Waals surface area contributed by atoms with E-state index in [0.717, 1.165) is 12.2 Å². The second-order valence-corrected chi connectivity index (χ2v) is 4.93. The summed E-state index contributed by atoms with van der Waals surface area (Å²) in [6, 6.07) is 2.53. The normalized spacial score (nSPS) is 13.5. The summed E-state index contributed by atoms with van der Waals surface area (Å²) in [4.78, 5) is 21.3. The maximum absolute atomic E-state index is 10.6. The molecule has 21 heavy (non-hydrogen) atoms. The lowest BCUT2D eigenvalue weighted by molar-refractivity contribution is -0.114. The van der Waals surface area contributed by atoms with Gasteiger partial charge in [-0.3, -0.25) is 9.59 Å². The highest BCUT2D eigenvalue weighted by Gasteiger charge is 2.18. The topological polar surface area (TPSA) is 106 Å². The zero-order valence-electron chi connectivity index (χ0n) is 10.0. The molecule has 1 aromatic carbocycles. The van der Waals surface area contributed by atoms with Crippen LogP contribution in [0.1, 0.15) is 0 Å². The van der Waals surface area contributed by atoms with Gasteiger partial charge in [0.25, 0.3) is 0 Å². The van der Waals surface area contributed by atoms with Crippen LogP contribution >= 0.6 is 46.4 Å². The van der Waals surface area contributed by atoms with Crippen molar-refractivity contribution in [3.05, 3.63) is 44.4 Å². The summed E-state index contributed by atoms with van der Waals surface area (Å²) < 4.78 is 0. The van der Waals surface area contributed by atoms with Crippen molar-refractivity contribution >= 4 is 58.0 Å². The summed E-state index contributed by atoms with van der Waals surface area (Å²) in [7, 11) is 0. The Balaban J connectivity index is 0.000000364. The van der Waals surface area contributed by atoms with Gasteiger partial charge in [0.2, 0.25) is 0 Å². The average Bonchev–Trinajstić information content (AvgIpc) is 2.43. The van der Waals surface area contributed by atoms with Gasteiger partial charge in [-0.05, 0) is 24.3 Å². The van der Waals surface area contributed by atoms with E-state index in [1.54, 1.807) is 0 Å². The van der Waals surface area contributed by atoms with Gasteiger partial charge in [0.15, 0.2) is 11.6 Å². The number of carbonyl (C=O) groups is 2. The van der Waals surface area contributed by atoms with Gasteiger partial charge in [0.1, 0.15) is 31.6 Å². The van der Waals surface area contributed by atoms with Gasteiger partial charge in [0, 0.05) is 0 Å². The fourth-order valence-corrected chi connectivity index (χ4v) is 1.67. The van der Waals surface area contributed by atoms with Crippen molar-refractivity contribution in [1.29, 1.82) is 0 Å². The Hall–Kier alpha value is -1.24. The molecule has 0 atom stereocenters. The third kappa shape index (κ3) is 4.91. The molecule has 2 rings (SSSR count). The van der Waals surface area contributed by atoms with E-state index in [0.29, 0.717) is 0 Å². The second-order valence-electron chi connectivity index (χ2n) is 3.42. The number of hydrogen-bond donors (Lipinski definition) is 2. The molecule has 0 radical (unpaired) electrons. The molecule has 0 fully saturated rings. The third-order valence-electron chi connectivity index (χ3n) is 2.05. The molecule has 0 aromatic heterocycles. The van der Waals surface area contributed by atoms with Gasteiger partial charge in [-0.25, -0.2) is 0 Å². The van der Waals surface area contributed by atoms with Crippen LogP contribution in [0.25, 0.3) is 0 Å². The number of phenolic OH excluding ortho intramolecular Hbond substituents is 2. The summed E-state index contributed by atoms with van der Waals surface area (Å²) in [5, 5.41) is 17.3. The first kappa shape index (κ1) is 19.8. The molecule has 0 heterocycles. The molecule has 0 bridgehead atoms. The molecule has 1 aliphatic rings. The highest BCUT2D eigenvalue weighted by atomic mass is 35.5. The van der Waals surface area contributed by atoms with Crippen LogP contribution in [0.4, 0.5) is 0 Å². The summed E-state index contributed by atoms with van der Waals surface area (Å²) in [5.74, 6) is -1.12. The lowest BCUT2D eigenvalue weighted by Gasteiger charge is -2.00. The van der Waals surface area contributed by atoms with Crippen LogP contribution in [-0.4, -0.2) is 27.3 Å². The SMILES string of the molecule is O.O=C1C=CC(=O)C(Cl)=C1Cl.Oc1ccc(O)c(Cl)c1Cl. The van der Waals surface area contributed by atoms with Crippen LogP contribution in [0, 0.1) is 0 Å². The van der Waals surface area contributed by atoms with Crippen LogP contribution in [-0.2, 0) is 9.59 Å². The van der Waals surface area contributed by atoms with Gasteiger partial charge in [-0.1, -0.05) is 46.4 Å². The Bertz CT molecular complexity index is 584. The number of benzene rings is 1. The van der Waals surface area contributed by atoms with E-state index in [4.69, 9.17) is 56.6 Å². The van der Waals surface area contributed by atoms with E-state index >= 15 is 0 Å². The zero-order valence-corrected chi connectivity index (χ0v) is 13.1. The van der Waals surface area contributed by atoms with Crippen molar-refractivity contribution in [1.82, 2.24) is 0 Å². The highest BCUT2D eigenvalue weighted by molar-refractivity contribution is 6.57. The number of halogens is 4. The van der Waals surface area contributed by atoms with E-state index in [2.05, 4.69) is 0 Å². The number of phenols is 2. The maximum Gasteiger partial charge on any atom is 0.198 e. The first-order valence-electron chi connectivity index (χ1n) is 4.93. The predicted molar refractivity (Wildman–Crippen MR) is 81.3 cm³/mol. The van der Waals surface area contributed by atoms with Crippen molar-refractivity contribution < 1.29 is 25.3 Å². The van der Waals surface area contributed by atoms with Crippen LogP contribution < -0.4 is 0 Å². The molecule has 4 N–H and O–H groups in total. The Kier molecular flexibility index (Phi) is 7.78. The fraction of sp³-hybridized carbons (Fsp3) is 0. The van der Waals surface area contributed by atoms with Crippen LogP contribution in [0.3, 0.4) is 0 Å². The van der Waals surface area contributed by atoms with E-state index in [1.165, 1.54) is 12.1 Å². The molecule has 1 aliphatic carbocycles. The van der Waals surface area contributed by atoms with Crippen molar-refractivity contribution in [3.8, 4) is 11.5 Å². The second kappa shape index (κ2) is 8.26. The summed E-state index contributed by atoms with van der Waals surface area (Å²) in [5.41, 5.74) is 0. The summed E-state index contributed by atoms with van der Waals surface area (Å²) in [6.45, 7) is 0. The molecule has 0 saturated carbocycles. The van der Waals surface area contributed by atoms with Crippen molar-refractivity contribution in [2.24, 2.45) is 0 Å². The van der Waals surface area contributed by atoms with Crippen molar-refractivity contribution in [2.45, 2.75) is 0 Å². The number of rotatable bonds is 0. The van der Waals surface area contributed by atoms with Gasteiger partial charge in [0.05, 0.1) is 0 Å². The smallest absolute Gasteiger partial charge is 0.198 e. The van der Waals surface area contributed by atoms with Gasteiger partial charge in [-0.15, -0.1) is 0 Å². The van der Waals surface area contributed by atoms with E-state index in [9.17, 15) is 9.59 Å². The Morgan fingerprint density at radius 3 is 1.29 bits per heavy atom. The first-order valence-corrected chi connectivity index (χ1v) is 6.44. The molecule has 114 valence electrons. The first-order chi connectivity index (χ1) is 9.25. The molecular weight excluding hydrogens is 366 g/mol. The Morgan fingerprint density at radius 2 is 1.00 bits per heavy atom. The summed E-state index contributed by atoms with van der Waals surface area (Å²) >= 11 is 21.6. The molecule has 0 saturated heterocycles. The highest BCUT2D eigenvalue weighted by Crippen LogP contribution is 2.36. The minimum Gasteiger partial charge on any atom is -0.506 e. The molecule has 5 nitrogen and oxygen atoms in total. The minimum absolute atomic E-state index is 0. The van der Waals surface area contributed by atoms with Crippen LogP contribution in [0.15, 0.2) is 34.3 Å². The molecule has 0 spiro atoms. The summed E-state index contributed by atoms with van der Waals surface area (Å²) in [6.07, 6.45) is 2.19. The van der Waals surface area contributed by atoms with E-state index < -0.39 is 11.6 Å². The maximum atomic E-state index is 10.6. The van der Waals surface area contributed by atoms with Crippen molar-refractivity contribution in [2.75, 3.05) is 0 Å². The predicted octanol–water partition coefficient (Wildman–Crippen LogP) is 2.96. The number of carbonyl (C=O) groups excluding carboxylic acids is 2. The number of allylic oxidation sites excluding steroid dienone is 4. The van der Waals surface area contributed by atoms with Gasteiger partial charge in [-0.2, -0.15) is 0 Å². The number of aromatic hydroxyl groups is 2. The van der Waals surface area contributed by atoms with Gasteiger partial charge < -0.3 is 15.7 Å². The average molecular weight is 374 g/mol. The van der Waals surface area contributed by atoms with Crippen LogP contribution in [0.2, 0.25) is 10.0 Å². The van der Waals surface area contributed by atoms with Crippen LogP contribution in [0.5, 0.6) is 11.5 Å². The van der Waals surface area contributed by atoms with Crippen molar-refractivity contribution in [3.63, 3.8) is 0 Å². The molecule has 0 amide bonds. The van der Waals surface area contributed by atoms with E-state index in [-0.39, 0.29) is 37.1 Å². The lowest BCUT2D eigenvalue weighted by Crippen LogP contribution is -2.07. The fourth-order valence-electron chi connectivity index (χ4n) is 1.04. The largest absolute Gasteiger partial charge is 0.506 e. The molecule has 0 unspecified atom stereocenters. The van der Waals surface area contributed by atoms with E-state index in [1.807, 2.05) is 0 Å². The zero-order chi connectivity index (χ0) is 15.4. The molecular formula is C12H8Cl4O5. The third-order valence-corrected chi connectivity index (χ3v) is 3.76. The molecule has 1 aromatic rings. The number of ketones is 2. The molecule has 0 aliphatic heterocycles. The Morgan fingerprint density at radius 1 is 0.714 bits per heavy atom. The molecule has 9 heteroatoms.